The number of hydrogen-bond donors (Lipinski definition) is 1. The van der Waals surface area contributed by atoms with Gasteiger partial charge in [0.05, 0.1) is 0 Å². The van der Waals surface area contributed by atoms with Crippen LogP contribution in [-0.2, 0) is 9.53 Å². The van der Waals surface area contributed by atoms with Crippen LogP contribution in [0.15, 0.2) is 0 Å². The Kier molecular flexibility index (Phi) is 6.46. The Bertz CT molecular complexity index is 204. The van der Waals surface area contributed by atoms with E-state index in [0.717, 1.165) is 6.42 Å². The summed E-state index contributed by atoms with van der Waals surface area (Å²) >= 11 is 0. The van der Waals surface area contributed by atoms with Crippen LogP contribution in [0.25, 0.3) is 0 Å². The number of nitrogens with one attached hydrogen (secondary N) is 1. The van der Waals surface area contributed by atoms with Gasteiger partial charge in [-0.15, -0.1) is 0 Å². The molecule has 0 saturated heterocycles. The second-order valence-corrected chi connectivity index (χ2v) is 4.64. The molecule has 1 N–H and O–H groups in total. The van der Waals surface area contributed by atoms with Crippen LogP contribution in [0.5, 0.6) is 0 Å². The van der Waals surface area contributed by atoms with Gasteiger partial charge >= 0.3 is 0 Å². The number of ether oxygens (including phenoxy) is 1. The smallest absolute Gasteiger partial charge is 0.246 e. The first-order chi connectivity index (χ1) is 7.77. The summed E-state index contributed by atoms with van der Waals surface area (Å²) in [4.78, 5) is 11.6. The van der Waals surface area contributed by atoms with E-state index in [0.29, 0.717) is 18.6 Å². The minimum atomic E-state index is 0.0508. The number of rotatable bonds is 6. The average molecular weight is 227 g/mol. The molecule has 1 aliphatic carbocycles. The summed E-state index contributed by atoms with van der Waals surface area (Å²) in [5.41, 5.74) is 0. The third kappa shape index (κ3) is 4.52. The predicted molar refractivity (Wildman–Crippen MR) is 65.3 cm³/mol. The van der Waals surface area contributed by atoms with E-state index in [4.69, 9.17) is 4.74 Å². The zero-order valence-corrected chi connectivity index (χ0v) is 10.6. The lowest BCUT2D eigenvalue weighted by atomic mass is 9.82. The summed E-state index contributed by atoms with van der Waals surface area (Å²) in [6.07, 6.45) is 7.43. The number of carbonyl (C=O) groups is 1. The Morgan fingerprint density at radius 3 is 2.75 bits per heavy atom. The van der Waals surface area contributed by atoms with Crippen LogP contribution in [0.2, 0.25) is 0 Å². The minimum absolute atomic E-state index is 0.0508. The summed E-state index contributed by atoms with van der Waals surface area (Å²) in [5, 5.41) is 3.12. The van der Waals surface area contributed by atoms with Gasteiger partial charge < -0.3 is 10.1 Å². The molecule has 94 valence electrons. The van der Waals surface area contributed by atoms with E-state index >= 15 is 0 Å². The molecule has 0 aromatic rings. The molecule has 0 heterocycles. The second-order valence-electron chi connectivity index (χ2n) is 4.64. The second kappa shape index (κ2) is 7.66. The van der Waals surface area contributed by atoms with Crippen LogP contribution in [0.4, 0.5) is 0 Å². The highest BCUT2D eigenvalue weighted by molar-refractivity contribution is 5.77. The van der Waals surface area contributed by atoms with Gasteiger partial charge in [0, 0.05) is 12.6 Å². The van der Waals surface area contributed by atoms with Gasteiger partial charge in [-0.2, -0.15) is 0 Å². The summed E-state index contributed by atoms with van der Waals surface area (Å²) in [6.45, 7) is 4.95. The predicted octanol–water partition coefficient (Wildman–Crippen LogP) is 2.50. The summed E-state index contributed by atoms with van der Waals surface area (Å²) in [6, 6.07) is 0.390. The van der Waals surface area contributed by atoms with Gasteiger partial charge in [-0.05, 0) is 32.1 Å². The van der Waals surface area contributed by atoms with Crippen LogP contribution < -0.4 is 5.32 Å². The highest BCUT2D eigenvalue weighted by Crippen LogP contribution is 2.27. The van der Waals surface area contributed by atoms with Crippen molar-refractivity contribution in [1.29, 1.82) is 0 Å². The lowest BCUT2D eigenvalue weighted by molar-refractivity contribution is -0.126. The Hall–Kier alpha value is -0.570. The minimum Gasteiger partial charge on any atom is -0.372 e. The van der Waals surface area contributed by atoms with Gasteiger partial charge in [0.1, 0.15) is 6.61 Å². The standard InChI is InChI=1S/C13H25NO2/c1-3-7-11-8-5-6-9-12(11)14-13(15)10-16-4-2/h11-12H,3-10H2,1-2H3,(H,14,15)/t11-,12+/m1/s1. The van der Waals surface area contributed by atoms with Crippen molar-refractivity contribution in [3.63, 3.8) is 0 Å². The lowest BCUT2D eigenvalue weighted by Crippen LogP contribution is -2.43. The summed E-state index contributed by atoms with van der Waals surface area (Å²) in [7, 11) is 0. The maximum atomic E-state index is 11.6. The lowest BCUT2D eigenvalue weighted by Gasteiger charge is -2.32. The maximum Gasteiger partial charge on any atom is 0.246 e. The summed E-state index contributed by atoms with van der Waals surface area (Å²) < 4.78 is 5.12. The quantitative estimate of drug-likeness (QED) is 0.757. The largest absolute Gasteiger partial charge is 0.372 e. The fourth-order valence-corrected chi connectivity index (χ4v) is 2.56. The van der Waals surface area contributed by atoms with E-state index in [1.807, 2.05) is 6.92 Å². The number of carbonyl (C=O) groups excluding carboxylic acids is 1. The van der Waals surface area contributed by atoms with Gasteiger partial charge in [-0.3, -0.25) is 4.79 Å². The maximum absolute atomic E-state index is 11.6. The molecule has 1 aliphatic rings. The van der Waals surface area contributed by atoms with E-state index in [-0.39, 0.29) is 12.5 Å². The molecule has 1 saturated carbocycles. The molecule has 0 unspecified atom stereocenters. The topological polar surface area (TPSA) is 38.3 Å². The van der Waals surface area contributed by atoms with Crippen molar-refractivity contribution in [2.45, 2.75) is 58.4 Å². The molecule has 0 radical (unpaired) electrons. The SMILES string of the molecule is CCC[C@@H]1CCCC[C@@H]1NC(=O)COCC. The van der Waals surface area contributed by atoms with Crippen molar-refractivity contribution in [3.05, 3.63) is 0 Å². The van der Waals surface area contributed by atoms with Crippen LogP contribution in [0.1, 0.15) is 52.4 Å². The molecule has 0 bridgehead atoms. The van der Waals surface area contributed by atoms with Gasteiger partial charge in [0.2, 0.25) is 5.91 Å². The molecule has 3 heteroatoms. The van der Waals surface area contributed by atoms with Crippen molar-refractivity contribution in [2.75, 3.05) is 13.2 Å². The van der Waals surface area contributed by atoms with Gasteiger partial charge in [-0.25, -0.2) is 0 Å². The van der Waals surface area contributed by atoms with Gasteiger partial charge in [0.15, 0.2) is 0 Å². The van der Waals surface area contributed by atoms with Crippen molar-refractivity contribution >= 4 is 5.91 Å². The normalized spacial score (nSPS) is 25.4. The first-order valence-electron chi connectivity index (χ1n) is 6.65. The Morgan fingerprint density at radius 2 is 2.06 bits per heavy atom. The monoisotopic (exact) mass is 227 g/mol. The van der Waals surface area contributed by atoms with Crippen LogP contribution in [0.3, 0.4) is 0 Å². The molecule has 0 aliphatic heterocycles. The van der Waals surface area contributed by atoms with Crippen molar-refractivity contribution in [3.8, 4) is 0 Å². The zero-order chi connectivity index (χ0) is 11.8. The van der Waals surface area contributed by atoms with Gasteiger partial charge in [-0.1, -0.05) is 26.2 Å². The molecule has 1 amide bonds. The van der Waals surface area contributed by atoms with E-state index in [1.54, 1.807) is 0 Å². The number of hydrogen-bond acceptors (Lipinski definition) is 2. The molecular weight excluding hydrogens is 202 g/mol. The van der Waals surface area contributed by atoms with E-state index in [1.165, 1.54) is 32.1 Å². The van der Waals surface area contributed by atoms with E-state index in [9.17, 15) is 4.79 Å². The Balaban J connectivity index is 2.33. The molecule has 1 rings (SSSR count). The molecule has 0 aromatic heterocycles. The van der Waals surface area contributed by atoms with Crippen LogP contribution in [0, 0.1) is 5.92 Å². The zero-order valence-electron chi connectivity index (χ0n) is 10.6. The number of amides is 1. The van der Waals surface area contributed by atoms with Crippen LogP contribution >= 0.6 is 0 Å². The van der Waals surface area contributed by atoms with Crippen molar-refractivity contribution < 1.29 is 9.53 Å². The molecule has 2 atom stereocenters. The highest BCUT2D eigenvalue weighted by Gasteiger charge is 2.25. The van der Waals surface area contributed by atoms with Crippen molar-refractivity contribution in [1.82, 2.24) is 5.32 Å². The van der Waals surface area contributed by atoms with Crippen molar-refractivity contribution in [2.24, 2.45) is 5.92 Å². The third-order valence-electron chi connectivity index (χ3n) is 3.35. The fourth-order valence-electron chi connectivity index (χ4n) is 2.56. The highest BCUT2D eigenvalue weighted by atomic mass is 16.5. The molecule has 1 fully saturated rings. The molecule has 16 heavy (non-hydrogen) atoms. The molecular formula is C13H25NO2. The van der Waals surface area contributed by atoms with Crippen LogP contribution in [-0.4, -0.2) is 25.2 Å². The summed E-state index contributed by atoms with van der Waals surface area (Å²) in [5.74, 6) is 0.735. The Labute approximate surface area is 98.9 Å². The Morgan fingerprint density at radius 1 is 1.31 bits per heavy atom. The third-order valence-corrected chi connectivity index (χ3v) is 3.35. The molecule has 0 aromatic carbocycles. The fraction of sp³-hybridized carbons (Fsp3) is 0.923. The first-order valence-corrected chi connectivity index (χ1v) is 6.65. The first kappa shape index (κ1) is 13.5. The van der Waals surface area contributed by atoms with Gasteiger partial charge in [0.25, 0.3) is 0 Å². The average Bonchev–Trinajstić information content (AvgIpc) is 2.29. The molecule has 0 spiro atoms. The van der Waals surface area contributed by atoms with E-state index in [2.05, 4.69) is 12.2 Å². The van der Waals surface area contributed by atoms with E-state index < -0.39 is 0 Å². The molecule has 3 nitrogen and oxygen atoms in total.